The van der Waals surface area contributed by atoms with Crippen LogP contribution in [-0.4, -0.2) is 52.9 Å². The van der Waals surface area contributed by atoms with E-state index in [0.29, 0.717) is 12.1 Å². The second-order valence-corrected chi connectivity index (χ2v) is 7.37. The van der Waals surface area contributed by atoms with Crippen LogP contribution >= 0.6 is 0 Å². The molecule has 0 radical (unpaired) electrons. The molecule has 1 unspecified atom stereocenters. The normalized spacial score (nSPS) is 21.9. The quantitative estimate of drug-likeness (QED) is 0.863. The molecule has 2 aliphatic rings. The van der Waals surface area contributed by atoms with Gasteiger partial charge in [-0.2, -0.15) is 0 Å². The Morgan fingerprint density at radius 2 is 2.00 bits per heavy atom. The van der Waals surface area contributed by atoms with Crippen molar-refractivity contribution < 1.29 is 9.59 Å². The Balaban J connectivity index is 1.71. The smallest absolute Gasteiger partial charge is 0.256 e. The highest BCUT2D eigenvalue weighted by Crippen LogP contribution is 2.38. The van der Waals surface area contributed by atoms with E-state index < -0.39 is 0 Å². The molecule has 2 aromatic rings. The number of pyridine rings is 1. The van der Waals surface area contributed by atoms with E-state index in [2.05, 4.69) is 15.6 Å². The molecule has 0 saturated carbocycles. The van der Waals surface area contributed by atoms with Crippen molar-refractivity contribution in [3.63, 3.8) is 0 Å². The summed E-state index contributed by atoms with van der Waals surface area (Å²) in [6.07, 6.45) is 4.36. The Bertz CT molecular complexity index is 839. The molecule has 4 rings (SSSR count). The highest BCUT2D eigenvalue weighted by atomic mass is 16.2. The van der Waals surface area contributed by atoms with Crippen LogP contribution in [0.25, 0.3) is 10.9 Å². The number of nitrogens with zero attached hydrogens (tertiary/aromatic N) is 2. The lowest BCUT2D eigenvalue weighted by Gasteiger charge is -2.41. The molecule has 26 heavy (non-hydrogen) atoms. The summed E-state index contributed by atoms with van der Waals surface area (Å²) in [4.78, 5) is 31.5. The molecule has 2 saturated heterocycles. The number of para-hydroxylation sites is 1. The van der Waals surface area contributed by atoms with Crippen LogP contribution in [0.3, 0.4) is 0 Å². The van der Waals surface area contributed by atoms with Crippen molar-refractivity contribution in [2.24, 2.45) is 0 Å². The van der Waals surface area contributed by atoms with Gasteiger partial charge in [-0.1, -0.05) is 18.2 Å². The minimum Gasteiger partial charge on any atom is -0.352 e. The molecule has 6 heteroatoms. The van der Waals surface area contributed by atoms with E-state index in [4.69, 9.17) is 0 Å². The van der Waals surface area contributed by atoms with Gasteiger partial charge in [-0.25, -0.2) is 0 Å². The summed E-state index contributed by atoms with van der Waals surface area (Å²) in [5.74, 6) is -0.0238. The number of carbonyl (C=O) groups is 2. The molecular formula is C20H24N4O2. The zero-order chi connectivity index (χ0) is 18.1. The summed E-state index contributed by atoms with van der Waals surface area (Å²) >= 11 is 0. The molecule has 2 N–H and O–H groups in total. The topological polar surface area (TPSA) is 74.3 Å². The molecule has 1 aromatic heterocycles. The number of likely N-dealkylation sites (tertiary alicyclic amines) is 1. The standard InChI is InChI=1S/C20H24N4O2/c1-14(25)23-16-12-20(7-10-21-11-8-20)24(13-16)19(26)17-6-2-4-15-5-3-9-22-18(15)17/h2-6,9,16,21H,7-8,10-13H2,1H3,(H,23,25). The highest BCUT2D eigenvalue weighted by Gasteiger charge is 2.48. The van der Waals surface area contributed by atoms with E-state index >= 15 is 0 Å². The summed E-state index contributed by atoms with van der Waals surface area (Å²) in [7, 11) is 0. The van der Waals surface area contributed by atoms with E-state index in [-0.39, 0.29) is 23.4 Å². The summed E-state index contributed by atoms with van der Waals surface area (Å²) < 4.78 is 0. The fourth-order valence-electron chi connectivity index (χ4n) is 4.52. The first kappa shape index (κ1) is 17.0. The largest absolute Gasteiger partial charge is 0.352 e. The third kappa shape index (κ3) is 2.94. The Labute approximate surface area is 153 Å². The highest BCUT2D eigenvalue weighted by molar-refractivity contribution is 6.05. The zero-order valence-electron chi connectivity index (χ0n) is 15.0. The Morgan fingerprint density at radius 3 is 2.77 bits per heavy atom. The Hall–Kier alpha value is -2.47. The monoisotopic (exact) mass is 352 g/mol. The van der Waals surface area contributed by atoms with Gasteiger partial charge in [-0.3, -0.25) is 14.6 Å². The fraction of sp³-hybridized carbons (Fsp3) is 0.450. The van der Waals surface area contributed by atoms with Crippen molar-refractivity contribution in [1.29, 1.82) is 0 Å². The molecular weight excluding hydrogens is 328 g/mol. The number of amides is 2. The maximum Gasteiger partial charge on any atom is 0.256 e. The summed E-state index contributed by atoms with van der Waals surface area (Å²) in [6.45, 7) is 3.88. The average molecular weight is 352 g/mol. The van der Waals surface area contributed by atoms with Gasteiger partial charge in [0.25, 0.3) is 5.91 Å². The van der Waals surface area contributed by atoms with Gasteiger partial charge in [0.05, 0.1) is 11.1 Å². The molecule has 0 aliphatic carbocycles. The van der Waals surface area contributed by atoms with Crippen LogP contribution in [0, 0.1) is 0 Å². The summed E-state index contributed by atoms with van der Waals surface area (Å²) in [5, 5.41) is 7.37. The number of nitrogens with one attached hydrogen (secondary N) is 2. The second-order valence-electron chi connectivity index (χ2n) is 7.37. The average Bonchev–Trinajstić information content (AvgIpc) is 2.97. The van der Waals surface area contributed by atoms with Crippen molar-refractivity contribution in [1.82, 2.24) is 20.5 Å². The van der Waals surface area contributed by atoms with E-state index in [9.17, 15) is 9.59 Å². The molecule has 2 aliphatic heterocycles. The SMILES string of the molecule is CC(=O)NC1CN(C(=O)c2cccc3cccnc23)C2(CCNCC2)C1. The first-order valence-electron chi connectivity index (χ1n) is 9.23. The van der Waals surface area contributed by atoms with Gasteiger partial charge < -0.3 is 15.5 Å². The molecule has 1 atom stereocenters. The maximum absolute atomic E-state index is 13.5. The van der Waals surface area contributed by atoms with E-state index in [1.165, 1.54) is 6.92 Å². The number of hydrogen-bond acceptors (Lipinski definition) is 4. The van der Waals surface area contributed by atoms with Crippen LogP contribution in [0.15, 0.2) is 36.5 Å². The lowest BCUT2D eigenvalue weighted by molar-refractivity contribution is -0.119. The van der Waals surface area contributed by atoms with Crippen molar-refractivity contribution in [2.45, 2.75) is 37.8 Å². The van der Waals surface area contributed by atoms with Gasteiger partial charge in [0.2, 0.25) is 5.91 Å². The summed E-state index contributed by atoms with van der Waals surface area (Å²) in [6, 6.07) is 9.62. The lowest BCUT2D eigenvalue weighted by Crippen LogP contribution is -2.53. The van der Waals surface area contributed by atoms with Crippen LogP contribution in [-0.2, 0) is 4.79 Å². The predicted octanol–water partition coefficient (Wildman–Crippen LogP) is 1.71. The van der Waals surface area contributed by atoms with Crippen molar-refractivity contribution in [3.8, 4) is 0 Å². The van der Waals surface area contributed by atoms with Gasteiger partial charge in [-0.05, 0) is 44.5 Å². The Morgan fingerprint density at radius 1 is 1.23 bits per heavy atom. The predicted molar refractivity (Wildman–Crippen MR) is 99.8 cm³/mol. The van der Waals surface area contributed by atoms with Crippen LogP contribution in [0.4, 0.5) is 0 Å². The molecule has 1 spiro atoms. The minimum absolute atomic E-state index is 0.0116. The third-order valence-electron chi connectivity index (χ3n) is 5.65. The third-order valence-corrected chi connectivity index (χ3v) is 5.65. The van der Waals surface area contributed by atoms with Crippen LogP contribution in [0.2, 0.25) is 0 Å². The molecule has 0 bridgehead atoms. The van der Waals surface area contributed by atoms with E-state index in [1.807, 2.05) is 35.2 Å². The Kier molecular flexibility index (Phi) is 4.36. The van der Waals surface area contributed by atoms with Gasteiger partial charge in [0.1, 0.15) is 0 Å². The van der Waals surface area contributed by atoms with Gasteiger partial charge >= 0.3 is 0 Å². The molecule has 1 aromatic carbocycles. The molecule has 136 valence electrons. The molecule has 2 amide bonds. The number of rotatable bonds is 2. The number of benzene rings is 1. The van der Waals surface area contributed by atoms with E-state index in [1.54, 1.807) is 6.20 Å². The van der Waals surface area contributed by atoms with Gasteiger partial charge in [0.15, 0.2) is 0 Å². The van der Waals surface area contributed by atoms with Crippen molar-refractivity contribution in [2.75, 3.05) is 19.6 Å². The fourth-order valence-corrected chi connectivity index (χ4v) is 4.52. The second kappa shape index (κ2) is 6.68. The first-order valence-corrected chi connectivity index (χ1v) is 9.23. The lowest BCUT2D eigenvalue weighted by atomic mass is 9.84. The number of fused-ring (bicyclic) bond motifs is 1. The van der Waals surface area contributed by atoms with Gasteiger partial charge in [-0.15, -0.1) is 0 Å². The van der Waals surface area contributed by atoms with Gasteiger partial charge in [0, 0.05) is 36.6 Å². The molecule has 3 heterocycles. The van der Waals surface area contributed by atoms with Crippen LogP contribution in [0.5, 0.6) is 0 Å². The number of hydrogen-bond donors (Lipinski definition) is 2. The van der Waals surface area contributed by atoms with Crippen molar-refractivity contribution in [3.05, 3.63) is 42.1 Å². The van der Waals surface area contributed by atoms with Crippen LogP contribution in [0.1, 0.15) is 36.5 Å². The van der Waals surface area contributed by atoms with E-state index in [0.717, 1.165) is 43.3 Å². The van der Waals surface area contributed by atoms with Crippen LogP contribution < -0.4 is 10.6 Å². The number of carbonyl (C=O) groups excluding carboxylic acids is 2. The maximum atomic E-state index is 13.5. The number of piperidine rings is 1. The number of aromatic nitrogens is 1. The summed E-state index contributed by atoms with van der Waals surface area (Å²) in [5.41, 5.74) is 1.20. The first-order chi connectivity index (χ1) is 12.6. The zero-order valence-corrected chi connectivity index (χ0v) is 15.0. The molecule has 6 nitrogen and oxygen atoms in total. The molecule has 2 fully saturated rings. The van der Waals surface area contributed by atoms with Crippen molar-refractivity contribution >= 4 is 22.7 Å². The minimum atomic E-state index is -0.188.